The van der Waals surface area contributed by atoms with Gasteiger partial charge in [0.1, 0.15) is 10.7 Å². The summed E-state index contributed by atoms with van der Waals surface area (Å²) >= 11 is 0. The van der Waals surface area contributed by atoms with Gasteiger partial charge in [0.15, 0.2) is 11.5 Å². The lowest BCUT2D eigenvalue weighted by Gasteiger charge is -2.14. The monoisotopic (exact) mass is 291 g/mol. The van der Waals surface area contributed by atoms with Gasteiger partial charge in [-0.1, -0.05) is 6.92 Å². The molecule has 0 heterocycles. The van der Waals surface area contributed by atoms with Gasteiger partial charge in [-0.15, -0.1) is 0 Å². The molecule has 0 aliphatic rings. The highest BCUT2D eigenvalue weighted by molar-refractivity contribution is 7.89. The third-order valence-corrected chi connectivity index (χ3v) is 4.30. The quantitative estimate of drug-likeness (QED) is 0.869. The van der Waals surface area contributed by atoms with Crippen LogP contribution in [0.2, 0.25) is 0 Å². The van der Waals surface area contributed by atoms with Crippen molar-refractivity contribution < 1.29 is 22.3 Å². The largest absolute Gasteiger partial charge is 0.493 e. The van der Waals surface area contributed by atoms with Crippen LogP contribution in [-0.2, 0) is 10.0 Å². The number of benzene rings is 1. The first-order chi connectivity index (χ1) is 8.85. The summed E-state index contributed by atoms with van der Waals surface area (Å²) in [6.45, 7) is 3.54. The molecule has 0 amide bonds. The predicted molar refractivity (Wildman–Crippen MR) is 69.6 cm³/mol. The zero-order valence-corrected chi connectivity index (χ0v) is 12.2. The molecule has 19 heavy (non-hydrogen) atoms. The van der Waals surface area contributed by atoms with Crippen LogP contribution in [-0.4, -0.2) is 28.7 Å². The average molecular weight is 291 g/mol. The molecule has 0 bridgehead atoms. The van der Waals surface area contributed by atoms with Crippen molar-refractivity contribution in [1.29, 1.82) is 0 Å². The summed E-state index contributed by atoms with van der Waals surface area (Å²) in [5.41, 5.74) is 0. The Morgan fingerprint density at radius 1 is 1.26 bits per heavy atom. The maximum atomic E-state index is 13.8. The highest BCUT2D eigenvalue weighted by atomic mass is 32.2. The molecular formula is C12H18FNO4S. The second-order valence-corrected chi connectivity index (χ2v) is 5.75. The summed E-state index contributed by atoms with van der Waals surface area (Å²) in [7, 11) is -1.21. The second-order valence-electron chi connectivity index (χ2n) is 4.07. The van der Waals surface area contributed by atoms with Gasteiger partial charge >= 0.3 is 0 Å². The number of hydrogen-bond donors (Lipinski definition) is 1. The van der Waals surface area contributed by atoms with E-state index in [1.807, 2.05) is 6.92 Å². The minimum absolute atomic E-state index is 0.141. The van der Waals surface area contributed by atoms with E-state index >= 15 is 0 Å². The number of methoxy groups -OCH3 is 2. The van der Waals surface area contributed by atoms with E-state index in [4.69, 9.17) is 9.47 Å². The first-order valence-electron chi connectivity index (χ1n) is 5.79. The SMILES string of the molecule is CC[C@H](C)NS(=O)(=O)c1cc(OC)c(OC)cc1F. The Morgan fingerprint density at radius 2 is 1.79 bits per heavy atom. The molecule has 0 aliphatic carbocycles. The molecule has 0 aliphatic heterocycles. The van der Waals surface area contributed by atoms with Crippen molar-refractivity contribution in [1.82, 2.24) is 4.72 Å². The smallest absolute Gasteiger partial charge is 0.243 e. The fourth-order valence-electron chi connectivity index (χ4n) is 1.45. The highest BCUT2D eigenvalue weighted by Gasteiger charge is 2.23. The number of sulfonamides is 1. The predicted octanol–water partition coefficient (Wildman–Crippen LogP) is 1.92. The Hall–Kier alpha value is -1.34. The molecule has 0 unspecified atom stereocenters. The van der Waals surface area contributed by atoms with Crippen LogP contribution >= 0.6 is 0 Å². The van der Waals surface area contributed by atoms with Crippen molar-refractivity contribution in [2.45, 2.75) is 31.2 Å². The summed E-state index contributed by atoms with van der Waals surface area (Å²) in [5.74, 6) is -0.579. The molecule has 1 aromatic rings. The molecule has 7 heteroatoms. The molecule has 1 rings (SSSR count). The number of hydrogen-bond acceptors (Lipinski definition) is 4. The third-order valence-electron chi connectivity index (χ3n) is 2.70. The van der Waals surface area contributed by atoms with Crippen molar-refractivity contribution in [2.75, 3.05) is 14.2 Å². The molecule has 0 radical (unpaired) electrons. The van der Waals surface area contributed by atoms with Gasteiger partial charge in [0.05, 0.1) is 14.2 Å². The van der Waals surface area contributed by atoms with E-state index in [9.17, 15) is 12.8 Å². The van der Waals surface area contributed by atoms with Crippen LogP contribution in [0.4, 0.5) is 4.39 Å². The van der Waals surface area contributed by atoms with Gasteiger partial charge in [0.2, 0.25) is 10.0 Å². The van der Waals surface area contributed by atoms with Gasteiger partial charge in [-0.25, -0.2) is 17.5 Å². The lowest BCUT2D eigenvalue weighted by Crippen LogP contribution is -2.32. The van der Waals surface area contributed by atoms with Gasteiger partial charge in [-0.05, 0) is 13.3 Å². The van der Waals surface area contributed by atoms with E-state index in [1.165, 1.54) is 14.2 Å². The summed E-state index contributed by atoms with van der Waals surface area (Å²) in [5, 5.41) is 0. The molecular weight excluding hydrogens is 273 g/mol. The number of nitrogens with one attached hydrogen (secondary N) is 1. The Morgan fingerprint density at radius 3 is 2.26 bits per heavy atom. The van der Waals surface area contributed by atoms with Gasteiger partial charge < -0.3 is 9.47 Å². The Kier molecular flexibility index (Phi) is 5.13. The highest BCUT2D eigenvalue weighted by Crippen LogP contribution is 2.31. The van der Waals surface area contributed by atoms with Gasteiger partial charge in [-0.2, -0.15) is 0 Å². The molecule has 5 nitrogen and oxygen atoms in total. The van der Waals surface area contributed by atoms with Crippen molar-refractivity contribution in [2.24, 2.45) is 0 Å². The summed E-state index contributed by atoms with van der Waals surface area (Å²) in [6, 6.07) is 1.82. The van der Waals surface area contributed by atoms with Crippen molar-refractivity contribution in [3.8, 4) is 11.5 Å². The Balaban J connectivity index is 3.27. The number of rotatable bonds is 6. The first kappa shape index (κ1) is 15.7. The van der Waals surface area contributed by atoms with Gasteiger partial charge in [-0.3, -0.25) is 0 Å². The van der Waals surface area contributed by atoms with Crippen molar-refractivity contribution in [3.63, 3.8) is 0 Å². The number of halogens is 1. The van der Waals surface area contributed by atoms with E-state index in [2.05, 4.69) is 4.72 Å². The van der Waals surface area contributed by atoms with Crippen molar-refractivity contribution in [3.05, 3.63) is 17.9 Å². The van der Waals surface area contributed by atoms with Crippen LogP contribution in [0.5, 0.6) is 11.5 Å². The summed E-state index contributed by atoms with van der Waals surface area (Å²) in [4.78, 5) is -0.453. The molecule has 108 valence electrons. The number of ether oxygens (including phenoxy) is 2. The Bertz CT molecular complexity index is 545. The Labute approximate surface area is 112 Å². The molecule has 0 fully saturated rings. The molecule has 0 saturated carbocycles. The molecule has 1 N–H and O–H groups in total. The fourth-order valence-corrected chi connectivity index (χ4v) is 2.85. The zero-order chi connectivity index (χ0) is 14.6. The fraction of sp³-hybridized carbons (Fsp3) is 0.500. The lowest BCUT2D eigenvalue weighted by molar-refractivity contribution is 0.350. The van der Waals surface area contributed by atoms with Gasteiger partial charge in [0.25, 0.3) is 0 Å². The van der Waals surface area contributed by atoms with E-state index in [0.29, 0.717) is 6.42 Å². The standard InChI is InChI=1S/C12H18FNO4S/c1-5-8(2)14-19(15,16)12-7-11(18-4)10(17-3)6-9(12)13/h6-8,14H,5H2,1-4H3/t8-/m0/s1. The second kappa shape index (κ2) is 6.21. The van der Waals surface area contributed by atoms with Crippen LogP contribution < -0.4 is 14.2 Å². The topological polar surface area (TPSA) is 64.6 Å². The molecule has 1 atom stereocenters. The average Bonchev–Trinajstić information content (AvgIpc) is 2.37. The minimum Gasteiger partial charge on any atom is -0.493 e. The molecule has 0 spiro atoms. The third kappa shape index (κ3) is 3.57. The van der Waals surface area contributed by atoms with Crippen LogP contribution in [0.25, 0.3) is 0 Å². The normalized spacial score (nSPS) is 13.1. The molecule has 0 saturated heterocycles. The molecule has 1 aromatic carbocycles. The van der Waals surface area contributed by atoms with E-state index in [1.54, 1.807) is 6.92 Å². The lowest BCUT2D eigenvalue weighted by atomic mass is 10.3. The van der Waals surface area contributed by atoms with Crippen LogP contribution in [0.3, 0.4) is 0 Å². The van der Waals surface area contributed by atoms with Crippen molar-refractivity contribution >= 4 is 10.0 Å². The summed E-state index contributed by atoms with van der Waals surface area (Å²) in [6.07, 6.45) is 0.605. The minimum atomic E-state index is -3.92. The van der Waals surface area contributed by atoms with E-state index in [-0.39, 0.29) is 17.5 Å². The van der Waals surface area contributed by atoms with E-state index < -0.39 is 20.7 Å². The first-order valence-corrected chi connectivity index (χ1v) is 7.27. The van der Waals surface area contributed by atoms with E-state index in [0.717, 1.165) is 12.1 Å². The zero-order valence-electron chi connectivity index (χ0n) is 11.4. The van der Waals surface area contributed by atoms with Crippen LogP contribution in [0.15, 0.2) is 17.0 Å². The van der Waals surface area contributed by atoms with Crippen LogP contribution in [0, 0.1) is 5.82 Å². The maximum Gasteiger partial charge on any atom is 0.243 e. The molecule has 0 aromatic heterocycles. The summed E-state index contributed by atoms with van der Waals surface area (Å²) < 4.78 is 50.2. The maximum absolute atomic E-state index is 13.8. The van der Waals surface area contributed by atoms with Gasteiger partial charge in [0, 0.05) is 18.2 Å². The van der Waals surface area contributed by atoms with Crippen LogP contribution in [0.1, 0.15) is 20.3 Å².